The zero-order valence-electron chi connectivity index (χ0n) is 10.7. The molecule has 2 nitrogen and oxygen atoms in total. The summed E-state index contributed by atoms with van der Waals surface area (Å²) in [7, 11) is 0. The van der Waals surface area contributed by atoms with Gasteiger partial charge in [0.05, 0.1) is 12.0 Å². The summed E-state index contributed by atoms with van der Waals surface area (Å²) in [5.41, 5.74) is 2.61. The minimum absolute atomic E-state index is 0.571. The first-order chi connectivity index (χ1) is 7.07. The molecule has 1 aromatic heterocycles. The lowest BCUT2D eigenvalue weighted by atomic mass is 9.89. The molecule has 1 aromatic rings. The second kappa shape index (κ2) is 5.34. The van der Waals surface area contributed by atoms with Crippen molar-refractivity contribution in [2.24, 2.45) is 5.92 Å². The van der Waals surface area contributed by atoms with Crippen LogP contribution < -0.4 is 0 Å². The molecule has 0 aromatic carbocycles. The molecule has 1 rings (SSSR count). The van der Waals surface area contributed by atoms with Crippen molar-refractivity contribution in [3.63, 3.8) is 0 Å². The fourth-order valence-corrected chi connectivity index (χ4v) is 1.98. The van der Waals surface area contributed by atoms with E-state index in [1.54, 1.807) is 0 Å². The van der Waals surface area contributed by atoms with E-state index in [9.17, 15) is 0 Å². The van der Waals surface area contributed by atoms with Gasteiger partial charge >= 0.3 is 0 Å². The molecule has 0 bridgehead atoms. The highest BCUT2D eigenvalue weighted by Crippen LogP contribution is 2.29. The Morgan fingerprint density at radius 1 is 1.27 bits per heavy atom. The highest BCUT2D eigenvalue weighted by Gasteiger charge is 2.19. The molecule has 86 valence electrons. The largest absolute Gasteiger partial charge is 0.348 e. The molecule has 0 radical (unpaired) electrons. The molecule has 0 aliphatic heterocycles. The van der Waals surface area contributed by atoms with Crippen molar-refractivity contribution in [2.45, 2.75) is 59.3 Å². The van der Waals surface area contributed by atoms with E-state index in [-0.39, 0.29) is 0 Å². The lowest BCUT2D eigenvalue weighted by Crippen LogP contribution is -2.07. The van der Waals surface area contributed by atoms with Gasteiger partial charge in [-0.1, -0.05) is 41.0 Å². The van der Waals surface area contributed by atoms with Gasteiger partial charge in [0.1, 0.15) is 0 Å². The van der Waals surface area contributed by atoms with E-state index in [2.05, 4.69) is 44.6 Å². The van der Waals surface area contributed by atoms with E-state index in [1.807, 2.05) is 6.33 Å². The summed E-state index contributed by atoms with van der Waals surface area (Å²) in [6, 6.07) is 0. The lowest BCUT2D eigenvalue weighted by molar-refractivity contribution is 0.513. The number of nitrogens with zero attached hydrogens (tertiary/aromatic N) is 1. The van der Waals surface area contributed by atoms with Crippen molar-refractivity contribution in [1.29, 1.82) is 0 Å². The Morgan fingerprint density at radius 2 is 1.93 bits per heavy atom. The van der Waals surface area contributed by atoms with Gasteiger partial charge in [-0.05, 0) is 12.3 Å². The minimum atomic E-state index is 0.571. The second-order valence-corrected chi connectivity index (χ2v) is 4.92. The highest BCUT2D eigenvalue weighted by atomic mass is 14.9. The Balaban J connectivity index is 2.85. The molecule has 2 unspecified atom stereocenters. The number of imidazole rings is 1. The average Bonchev–Trinajstić information content (AvgIpc) is 2.65. The molecule has 1 N–H and O–H groups in total. The van der Waals surface area contributed by atoms with Crippen LogP contribution in [-0.2, 0) is 0 Å². The van der Waals surface area contributed by atoms with Gasteiger partial charge < -0.3 is 4.98 Å². The molecule has 0 fully saturated rings. The molecule has 0 amide bonds. The molecule has 0 saturated carbocycles. The number of H-pyrrole nitrogens is 1. The molecule has 15 heavy (non-hydrogen) atoms. The van der Waals surface area contributed by atoms with Crippen LogP contribution in [0.15, 0.2) is 6.33 Å². The molecule has 0 spiro atoms. The van der Waals surface area contributed by atoms with Gasteiger partial charge in [0.2, 0.25) is 0 Å². The third-order valence-electron chi connectivity index (χ3n) is 3.34. The molecule has 2 atom stereocenters. The standard InChI is InChI=1S/C13H24N2/c1-6-7-10(4)12-13(15-8-14-12)11(5)9(2)3/h8-11H,6-7H2,1-5H3,(H,14,15). The topological polar surface area (TPSA) is 28.7 Å². The molecule has 2 heteroatoms. The average molecular weight is 208 g/mol. The maximum atomic E-state index is 4.48. The van der Waals surface area contributed by atoms with Crippen LogP contribution in [0.4, 0.5) is 0 Å². The van der Waals surface area contributed by atoms with Crippen LogP contribution in [0.2, 0.25) is 0 Å². The number of aromatic amines is 1. The maximum absolute atomic E-state index is 4.48. The molecule has 0 saturated heterocycles. The SMILES string of the molecule is CCCC(C)c1nc[nH]c1C(C)C(C)C. The Hall–Kier alpha value is -0.790. The van der Waals surface area contributed by atoms with Crippen molar-refractivity contribution in [2.75, 3.05) is 0 Å². The lowest BCUT2D eigenvalue weighted by Gasteiger charge is -2.18. The summed E-state index contributed by atoms with van der Waals surface area (Å²) in [6.07, 6.45) is 4.29. The summed E-state index contributed by atoms with van der Waals surface area (Å²) in [5, 5.41) is 0. The van der Waals surface area contributed by atoms with Crippen LogP contribution >= 0.6 is 0 Å². The van der Waals surface area contributed by atoms with E-state index >= 15 is 0 Å². The van der Waals surface area contributed by atoms with Crippen LogP contribution in [0, 0.1) is 5.92 Å². The van der Waals surface area contributed by atoms with Gasteiger partial charge in [0.15, 0.2) is 0 Å². The van der Waals surface area contributed by atoms with Crippen LogP contribution in [0.5, 0.6) is 0 Å². The van der Waals surface area contributed by atoms with E-state index in [1.165, 1.54) is 24.2 Å². The van der Waals surface area contributed by atoms with Gasteiger partial charge in [-0.15, -0.1) is 0 Å². The second-order valence-electron chi connectivity index (χ2n) is 4.92. The fourth-order valence-electron chi connectivity index (χ4n) is 1.98. The van der Waals surface area contributed by atoms with Gasteiger partial charge in [-0.3, -0.25) is 0 Å². The third-order valence-corrected chi connectivity index (χ3v) is 3.34. The fraction of sp³-hybridized carbons (Fsp3) is 0.769. The van der Waals surface area contributed by atoms with E-state index in [0.29, 0.717) is 17.8 Å². The Bertz CT molecular complexity index is 288. The minimum Gasteiger partial charge on any atom is -0.348 e. The molecular formula is C13H24N2. The van der Waals surface area contributed by atoms with Gasteiger partial charge in [0.25, 0.3) is 0 Å². The molecule has 0 aliphatic carbocycles. The van der Waals surface area contributed by atoms with Crippen molar-refractivity contribution >= 4 is 0 Å². The maximum Gasteiger partial charge on any atom is 0.0925 e. The number of hydrogen-bond donors (Lipinski definition) is 1. The first-order valence-electron chi connectivity index (χ1n) is 6.11. The van der Waals surface area contributed by atoms with E-state index < -0.39 is 0 Å². The van der Waals surface area contributed by atoms with Crippen molar-refractivity contribution in [1.82, 2.24) is 9.97 Å². The first-order valence-corrected chi connectivity index (χ1v) is 6.11. The monoisotopic (exact) mass is 208 g/mol. The zero-order valence-corrected chi connectivity index (χ0v) is 10.7. The Morgan fingerprint density at radius 3 is 2.47 bits per heavy atom. The molecule has 0 aliphatic rings. The number of rotatable bonds is 5. The normalized spacial score (nSPS) is 15.6. The Labute approximate surface area is 93.5 Å². The smallest absolute Gasteiger partial charge is 0.0925 e. The third kappa shape index (κ3) is 2.83. The quantitative estimate of drug-likeness (QED) is 0.776. The number of aromatic nitrogens is 2. The predicted octanol–water partition coefficient (Wildman–Crippen LogP) is 4.07. The van der Waals surface area contributed by atoms with Gasteiger partial charge in [-0.25, -0.2) is 4.98 Å². The summed E-state index contributed by atoms with van der Waals surface area (Å²) >= 11 is 0. The van der Waals surface area contributed by atoms with E-state index in [4.69, 9.17) is 0 Å². The highest BCUT2D eigenvalue weighted by molar-refractivity contribution is 5.19. The number of nitrogens with one attached hydrogen (secondary N) is 1. The van der Waals surface area contributed by atoms with Crippen LogP contribution in [0.3, 0.4) is 0 Å². The Kier molecular flexibility index (Phi) is 4.37. The zero-order chi connectivity index (χ0) is 11.4. The van der Waals surface area contributed by atoms with Crippen molar-refractivity contribution in [3.8, 4) is 0 Å². The van der Waals surface area contributed by atoms with E-state index in [0.717, 1.165) is 0 Å². The first kappa shape index (κ1) is 12.3. The molecule has 1 heterocycles. The summed E-state index contributed by atoms with van der Waals surface area (Å²) in [4.78, 5) is 7.80. The van der Waals surface area contributed by atoms with Crippen LogP contribution in [0.25, 0.3) is 0 Å². The summed E-state index contributed by atoms with van der Waals surface area (Å²) in [6.45, 7) is 11.3. The summed E-state index contributed by atoms with van der Waals surface area (Å²) < 4.78 is 0. The van der Waals surface area contributed by atoms with Gasteiger partial charge in [0, 0.05) is 17.5 Å². The van der Waals surface area contributed by atoms with Gasteiger partial charge in [-0.2, -0.15) is 0 Å². The number of hydrogen-bond acceptors (Lipinski definition) is 1. The predicted molar refractivity (Wildman–Crippen MR) is 65.2 cm³/mol. The van der Waals surface area contributed by atoms with Crippen LogP contribution in [0.1, 0.15) is 70.7 Å². The molecular weight excluding hydrogens is 184 g/mol. The van der Waals surface area contributed by atoms with Crippen molar-refractivity contribution in [3.05, 3.63) is 17.7 Å². The summed E-state index contributed by atoms with van der Waals surface area (Å²) in [5.74, 6) is 1.82. The van der Waals surface area contributed by atoms with Crippen LogP contribution in [-0.4, -0.2) is 9.97 Å². The van der Waals surface area contributed by atoms with Crippen molar-refractivity contribution < 1.29 is 0 Å².